The van der Waals surface area contributed by atoms with Gasteiger partial charge in [-0.15, -0.1) is 0 Å². The number of carboxylic acid groups (broad SMARTS) is 1. The summed E-state index contributed by atoms with van der Waals surface area (Å²) in [6, 6.07) is 6.18. The number of halogens is 1. The van der Waals surface area contributed by atoms with Gasteiger partial charge in [-0.25, -0.2) is 4.79 Å². The van der Waals surface area contributed by atoms with Gasteiger partial charge in [0, 0.05) is 23.0 Å². The smallest absolute Gasteiger partial charge is 0.326 e. The van der Waals surface area contributed by atoms with E-state index in [1.54, 1.807) is 29.8 Å². The number of fused-ring (bicyclic) bond motifs is 1. The van der Waals surface area contributed by atoms with Crippen molar-refractivity contribution < 1.29 is 14.7 Å². The van der Waals surface area contributed by atoms with Crippen LogP contribution in [0.5, 0.6) is 0 Å². The van der Waals surface area contributed by atoms with E-state index in [0.717, 1.165) is 10.9 Å². The molecule has 0 saturated carbocycles. The number of hydrogen-bond donors (Lipinski definition) is 2. The molecule has 0 saturated heterocycles. The first-order chi connectivity index (χ1) is 10.3. The van der Waals surface area contributed by atoms with Crippen molar-refractivity contribution in [3.05, 3.63) is 35.0 Å². The Morgan fingerprint density at radius 2 is 2.00 bits per heavy atom. The molecule has 0 bridgehead atoms. The van der Waals surface area contributed by atoms with Crippen LogP contribution in [0.15, 0.2) is 24.3 Å². The lowest BCUT2D eigenvalue weighted by molar-refractivity contribution is -0.139. The number of nitrogens with zero attached hydrogens (tertiary/aromatic N) is 1. The van der Waals surface area contributed by atoms with Gasteiger partial charge in [-0.05, 0) is 36.6 Å². The summed E-state index contributed by atoms with van der Waals surface area (Å²) in [6.45, 7) is 3.84. The third-order valence-electron chi connectivity index (χ3n) is 3.55. The number of benzene rings is 1. The number of carboxylic acids is 1. The molecule has 5 nitrogen and oxygen atoms in total. The molecular formula is C16H19ClN2O3. The van der Waals surface area contributed by atoms with Gasteiger partial charge in [-0.3, -0.25) is 4.79 Å². The number of aromatic nitrogens is 1. The van der Waals surface area contributed by atoms with Crippen LogP contribution in [0.4, 0.5) is 0 Å². The third kappa shape index (κ3) is 3.42. The van der Waals surface area contributed by atoms with E-state index in [0.29, 0.717) is 17.1 Å². The quantitative estimate of drug-likeness (QED) is 0.888. The lowest BCUT2D eigenvalue weighted by Gasteiger charge is -2.16. The largest absolute Gasteiger partial charge is 0.480 e. The Hall–Kier alpha value is -2.01. The molecule has 1 aromatic carbocycles. The maximum atomic E-state index is 12.4. The number of carbonyl (C=O) groups excluding carboxylic acids is 1. The van der Waals surface area contributed by atoms with E-state index in [1.165, 1.54) is 0 Å². The van der Waals surface area contributed by atoms with Crippen molar-refractivity contribution in [3.8, 4) is 0 Å². The molecule has 1 amide bonds. The van der Waals surface area contributed by atoms with Crippen LogP contribution in [0.1, 0.15) is 30.8 Å². The maximum Gasteiger partial charge on any atom is 0.326 e. The van der Waals surface area contributed by atoms with E-state index >= 15 is 0 Å². The summed E-state index contributed by atoms with van der Waals surface area (Å²) in [4.78, 5) is 23.7. The van der Waals surface area contributed by atoms with Crippen LogP contribution in [0.25, 0.3) is 10.9 Å². The standard InChI is InChI=1S/C16H19ClN2O3/c1-9(2)6-12(16(21)22)18-15(20)14-8-10-7-11(17)4-5-13(10)19(14)3/h4-5,7-9,12H,6H2,1-3H3,(H,18,20)(H,21,22)/t12-/m0/s1. The third-order valence-corrected chi connectivity index (χ3v) is 3.78. The van der Waals surface area contributed by atoms with Crippen LogP contribution in [0.3, 0.4) is 0 Å². The van der Waals surface area contributed by atoms with Gasteiger partial charge in [0.25, 0.3) is 5.91 Å². The zero-order valence-corrected chi connectivity index (χ0v) is 13.5. The van der Waals surface area contributed by atoms with Gasteiger partial charge >= 0.3 is 5.97 Å². The highest BCUT2D eigenvalue weighted by Crippen LogP contribution is 2.22. The molecule has 0 unspecified atom stereocenters. The van der Waals surface area contributed by atoms with Crippen molar-refractivity contribution in [2.75, 3.05) is 0 Å². The topological polar surface area (TPSA) is 71.3 Å². The molecule has 0 aliphatic heterocycles. The number of amides is 1. The molecule has 2 N–H and O–H groups in total. The molecule has 0 spiro atoms. The van der Waals surface area contributed by atoms with Crippen LogP contribution >= 0.6 is 11.6 Å². The average Bonchev–Trinajstić information content (AvgIpc) is 2.74. The molecule has 2 rings (SSSR count). The second-order valence-electron chi connectivity index (χ2n) is 5.79. The van der Waals surface area contributed by atoms with Crippen LogP contribution in [0, 0.1) is 5.92 Å². The molecular weight excluding hydrogens is 304 g/mol. The summed E-state index contributed by atoms with van der Waals surface area (Å²) in [5.41, 5.74) is 1.28. The first-order valence-electron chi connectivity index (χ1n) is 7.08. The first-order valence-corrected chi connectivity index (χ1v) is 7.46. The Morgan fingerprint density at radius 3 is 2.59 bits per heavy atom. The fourth-order valence-electron chi connectivity index (χ4n) is 2.46. The lowest BCUT2D eigenvalue weighted by atomic mass is 10.0. The van der Waals surface area contributed by atoms with Crippen molar-refractivity contribution in [2.45, 2.75) is 26.3 Å². The Balaban J connectivity index is 2.29. The number of hydrogen-bond acceptors (Lipinski definition) is 2. The van der Waals surface area contributed by atoms with Gasteiger partial charge in [0.1, 0.15) is 11.7 Å². The molecule has 22 heavy (non-hydrogen) atoms. The molecule has 0 aliphatic rings. The van der Waals surface area contributed by atoms with Gasteiger partial charge in [0.05, 0.1) is 0 Å². The van der Waals surface area contributed by atoms with Gasteiger partial charge in [-0.1, -0.05) is 25.4 Å². The molecule has 6 heteroatoms. The highest BCUT2D eigenvalue weighted by molar-refractivity contribution is 6.31. The summed E-state index contributed by atoms with van der Waals surface area (Å²) < 4.78 is 1.73. The summed E-state index contributed by atoms with van der Waals surface area (Å²) in [5.74, 6) is -1.25. The molecule has 0 radical (unpaired) electrons. The number of aliphatic carboxylic acids is 1. The minimum absolute atomic E-state index is 0.174. The van der Waals surface area contributed by atoms with E-state index in [1.807, 2.05) is 19.9 Å². The van der Waals surface area contributed by atoms with Crippen molar-refractivity contribution >= 4 is 34.4 Å². The van der Waals surface area contributed by atoms with E-state index in [4.69, 9.17) is 11.6 Å². The Morgan fingerprint density at radius 1 is 1.32 bits per heavy atom. The highest BCUT2D eigenvalue weighted by Gasteiger charge is 2.23. The monoisotopic (exact) mass is 322 g/mol. The summed E-state index contributed by atoms with van der Waals surface area (Å²) in [7, 11) is 1.77. The Kier molecular flexibility index (Phi) is 4.76. The summed E-state index contributed by atoms with van der Waals surface area (Å²) in [5, 5.41) is 13.2. The Bertz CT molecular complexity index is 721. The second kappa shape index (κ2) is 6.40. The number of aryl methyl sites for hydroxylation is 1. The first kappa shape index (κ1) is 16.4. The number of carbonyl (C=O) groups is 2. The van der Waals surface area contributed by atoms with Crippen molar-refractivity contribution in [2.24, 2.45) is 13.0 Å². The minimum atomic E-state index is -1.02. The van der Waals surface area contributed by atoms with Crippen molar-refractivity contribution in [1.82, 2.24) is 9.88 Å². The zero-order valence-electron chi connectivity index (χ0n) is 12.8. The number of rotatable bonds is 5. The SMILES string of the molecule is CC(C)C[C@H](NC(=O)c1cc2cc(Cl)ccc2n1C)C(=O)O. The predicted octanol–water partition coefficient (Wildman–Crippen LogP) is 3.06. The molecule has 2 aromatic rings. The van der Waals surface area contributed by atoms with Gasteiger partial charge in [0.15, 0.2) is 0 Å². The van der Waals surface area contributed by atoms with E-state index < -0.39 is 17.9 Å². The van der Waals surface area contributed by atoms with Crippen LogP contribution < -0.4 is 5.32 Å². The van der Waals surface area contributed by atoms with E-state index in [-0.39, 0.29) is 5.92 Å². The van der Waals surface area contributed by atoms with Gasteiger partial charge < -0.3 is 15.0 Å². The van der Waals surface area contributed by atoms with Crippen LogP contribution in [0.2, 0.25) is 5.02 Å². The fourth-order valence-corrected chi connectivity index (χ4v) is 2.64. The Labute approximate surface area is 133 Å². The molecule has 118 valence electrons. The van der Waals surface area contributed by atoms with Crippen molar-refractivity contribution in [1.29, 1.82) is 0 Å². The van der Waals surface area contributed by atoms with Crippen LogP contribution in [-0.4, -0.2) is 27.6 Å². The summed E-state index contributed by atoms with van der Waals surface area (Å²) in [6.07, 6.45) is 0.386. The van der Waals surface area contributed by atoms with Gasteiger partial charge in [0.2, 0.25) is 0 Å². The zero-order chi connectivity index (χ0) is 16.4. The molecule has 0 aliphatic carbocycles. The minimum Gasteiger partial charge on any atom is -0.480 e. The predicted molar refractivity (Wildman–Crippen MR) is 86.3 cm³/mol. The molecule has 0 fully saturated rings. The van der Waals surface area contributed by atoms with Crippen molar-refractivity contribution in [3.63, 3.8) is 0 Å². The second-order valence-corrected chi connectivity index (χ2v) is 6.22. The lowest BCUT2D eigenvalue weighted by Crippen LogP contribution is -2.42. The maximum absolute atomic E-state index is 12.4. The van der Waals surface area contributed by atoms with E-state index in [9.17, 15) is 14.7 Å². The molecule has 1 atom stereocenters. The highest BCUT2D eigenvalue weighted by atomic mass is 35.5. The number of nitrogens with one attached hydrogen (secondary N) is 1. The fraction of sp³-hybridized carbons (Fsp3) is 0.375. The van der Waals surface area contributed by atoms with Crippen LogP contribution in [-0.2, 0) is 11.8 Å². The van der Waals surface area contributed by atoms with Gasteiger partial charge in [-0.2, -0.15) is 0 Å². The normalized spacial score (nSPS) is 12.6. The average molecular weight is 323 g/mol. The summed E-state index contributed by atoms with van der Waals surface area (Å²) >= 11 is 5.96. The molecule has 1 heterocycles. The van der Waals surface area contributed by atoms with E-state index in [2.05, 4.69) is 5.32 Å². The molecule has 1 aromatic heterocycles.